The van der Waals surface area contributed by atoms with Gasteiger partial charge in [0.15, 0.2) is 5.79 Å². The zero-order valence-corrected chi connectivity index (χ0v) is 17.3. The van der Waals surface area contributed by atoms with Gasteiger partial charge in [-0.2, -0.15) is 0 Å². The third-order valence-corrected chi connectivity index (χ3v) is 6.45. The van der Waals surface area contributed by atoms with Crippen molar-refractivity contribution in [3.05, 3.63) is 30.3 Å². The van der Waals surface area contributed by atoms with Crippen LogP contribution in [0.5, 0.6) is 0 Å². The summed E-state index contributed by atoms with van der Waals surface area (Å²) < 4.78 is 22.8. The number of nitrogens with zero attached hydrogens (tertiary/aromatic N) is 1. The zero-order valence-electron chi connectivity index (χ0n) is 17.3. The molecule has 1 spiro atoms. The van der Waals surface area contributed by atoms with Crippen LogP contribution in [0.25, 0.3) is 0 Å². The van der Waals surface area contributed by atoms with Gasteiger partial charge in [0.05, 0.1) is 26.4 Å². The second-order valence-corrected chi connectivity index (χ2v) is 7.96. The number of piperidine rings is 1. The molecule has 3 aliphatic rings. The molecule has 2 heterocycles. The van der Waals surface area contributed by atoms with Crippen LogP contribution in [-0.4, -0.2) is 56.6 Å². The maximum Gasteiger partial charge on any atom is 0.321 e. The molecule has 2 bridgehead atoms. The summed E-state index contributed by atoms with van der Waals surface area (Å²) in [4.78, 5) is 41.7. The minimum absolute atomic E-state index is 0.00976. The number of esters is 2. The van der Waals surface area contributed by atoms with Crippen LogP contribution in [-0.2, 0) is 33.3 Å². The lowest BCUT2D eigenvalue weighted by Gasteiger charge is -2.57. The van der Waals surface area contributed by atoms with E-state index in [2.05, 4.69) is 0 Å². The van der Waals surface area contributed by atoms with Crippen molar-refractivity contribution < 1.29 is 33.3 Å². The molecule has 0 radical (unpaired) electrons. The number of fused-ring (bicyclic) bond motifs is 3. The molecule has 1 aromatic carbocycles. The Balaban J connectivity index is 1.89. The van der Waals surface area contributed by atoms with E-state index in [4.69, 9.17) is 18.9 Å². The van der Waals surface area contributed by atoms with Crippen molar-refractivity contribution in [2.75, 3.05) is 37.9 Å². The number of amides is 1. The second-order valence-electron chi connectivity index (χ2n) is 7.96. The lowest BCUT2D eigenvalue weighted by atomic mass is 9.55. The first-order valence-electron chi connectivity index (χ1n) is 10.4. The molecule has 8 nitrogen and oxygen atoms in total. The van der Waals surface area contributed by atoms with Crippen molar-refractivity contribution in [2.45, 2.75) is 38.9 Å². The Hall–Kier alpha value is -2.45. The molecular formula is C22H27NO7. The highest BCUT2D eigenvalue weighted by atomic mass is 16.7. The summed E-state index contributed by atoms with van der Waals surface area (Å²) in [5.74, 6) is -2.73. The number of carbonyl (C=O) groups is 3. The van der Waals surface area contributed by atoms with Gasteiger partial charge in [-0.15, -0.1) is 0 Å². The van der Waals surface area contributed by atoms with Crippen molar-refractivity contribution in [1.82, 2.24) is 0 Å². The van der Waals surface area contributed by atoms with Crippen molar-refractivity contribution >= 4 is 23.5 Å². The maximum atomic E-state index is 13.7. The van der Waals surface area contributed by atoms with Gasteiger partial charge in [0, 0.05) is 18.7 Å². The van der Waals surface area contributed by atoms with E-state index in [1.54, 1.807) is 38.1 Å². The van der Waals surface area contributed by atoms with E-state index < -0.39 is 28.6 Å². The first kappa shape index (κ1) is 20.8. The lowest BCUT2D eigenvalue weighted by molar-refractivity contribution is -0.273. The standard InChI is InChI=1S/C22H27NO7/c1-3-27-18(25)20-10-11-22(29-12-13-30-22)21(14-20,19(26)28-4-2)15-23(17(20)24)16-8-6-5-7-9-16/h5-9H,3-4,10-15H2,1-2H3. The van der Waals surface area contributed by atoms with Crippen molar-refractivity contribution in [1.29, 1.82) is 0 Å². The summed E-state index contributed by atoms with van der Waals surface area (Å²) in [6.45, 7) is 4.42. The number of para-hydroxylation sites is 1. The Labute approximate surface area is 175 Å². The summed E-state index contributed by atoms with van der Waals surface area (Å²) >= 11 is 0. The Morgan fingerprint density at radius 1 is 1.00 bits per heavy atom. The first-order chi connectivity index (χ1) is 14.4. The quantitative estimate of drug-likeness (QED) is 0.535. The number of carbonyl (C=O) groups excluding carboxylic acids is 3. The fraction of sp³-hybridized carbons (Fsp3) is 0.591. The highest BCUT2D eigenvalue weighted by Crippen LogP contribution is 2.60. The Bertz CT molecular complexity index is 835. The van der Waals surface area contributed by atoms with Gasteiger partial charge in [-0.3, -0.25) is 14.4 Å². The fourth-order valence-electron chi connectivity index (χ4n) is 5.10. The van der Waals surface area contributed by atoms with Gasteiger partial charge >= 0.3 is 11.9 Å². The third kappa shape index (κ3) is 2.85. The highest BCUT2D eigenvalue weighted by molar-refractivity contribution is 6.12. The van der Waals surface area contributed by atoms with E-state index in [0.717, 1.165) is 0 Å². The molecule has 1 saturated carbocycles. The van der Waals surface area contributed by atoms with Crippen LogP contribution in [0.4, 0.5) is 5.69 Å². The molecule has 162 valence electrons. The van der Waals surface area contributed by atoms with Gasteiger partial charge in [0.1, 0.15) is 10.8 Å². The highest BCUT2D eigenvalue weighted by Gasteiger charge is 2.74. The molecule has 3 fully saturated rings. The van der Waals surface area contributed by atoms with Gasteiger partial charge in [0.2, 0.25) is 5.91 Å². The lowest BCUT2D eigenvalue weighted by Crippen LogP contribution is -2.72. The topological polar surface area (TPSA) is 91.4 Å². The Morgan fingerprint density at radius 3 is 2.27 bits per heavy atom. The van der Waals surface area contributed by atoms with Gasteiger partial charge in [0.25, 0.3) is 0 Å². The molecule has 30 heavy (non-hydrogen) atoms. The number of rotatable bonds is 5. The number of anilines is 1. The van der Waals surface area contributed by atoms with Crippen LogP contribution in [0.3, 0.4) is 0 Å². The van der Waals surface area contributed by atoms with Gasteiger partial charge in [-0.1, -0.05) is 18.2 Å². The molecule has 2 unspecified atom stereocenters. The average Bonchev–Trinajstić information content (AvgIpc) is 3.24. The monoisotopic (exact) mass is 417 g/mol. The Morgan fingerprint density at radius 2 is 1.63 bits per heavy atom. The molecule has 2 aliphatic heterocycles. The first-order valence-corrected chi connectivity index (χ1v) is 10.4. The molecule has 4 rings (SSSR count). The minimum atomic E-state index is -1.49. The van der Waals surface area contributed by atoms with Crippen LogP contribution in [0, 0.1) is 10.8 Å². The third-order valence-electron chi connectivity index (χ3n) is 6.45. The average molecular weight is 417 g/mol. The van der Waals surface area contributed by atoms with Crippen LogP contribution >= 0.6 is 0 Å². The van der Waals surface area contributed by atoms with Crippen molar-refractivity contribution in [3.63, 3.8) is 0 Å². The van der Waals surface area contributed by atoms with Gasteiger partial charge in [-0.05, 0) is 38.8 Å². The summed E-state index contributed by atoms with van der Waals surface area (Å²) in [5.41, 5.74) is -2.23. The molecule has 1 amide bonds. The van der Waals surface area contributed by atoms with Gasteiger partial charge in [-0.25, -0.2) is 0 Å². The van der Waals surface area contributed by atoms with Crippen LogP contribution in [0.2, 0.25) is 0 Å². The molecular weight excluding hydrogens is 390 g/mol. The molecule has 2 saturated heterocycles. The van der Waals surface area contributed by atoms with Crippen LogP contribution < -0.4 is 4.90 Å². The molecule has 0 N–H and O–H groups in total. The minimum Gasteiger partial charge on any atom is -0.465 e. The maximum absolute atomic E-state index is 13.7. The second kappa shape index (κ2) is 7.67. The summed E-state index contributed by atoms with van der Waals surface area (Å²) in [5, 5.41) is 0. The Kier molecular flexibility index (Phi) is 5.32. The van der Waals surface area contributed by atoms with Crippen LogP contribution in [0.15, 0.2) is 30.3 Å². The summed E-state index contributed by atoms with van der Waals surface area (Å²) in [7, 11) is 0. The van der Waals surface area contributed by atoms with Crippen LogP contribution in [0.1, 0.15) is 33.1 Å². The molecule has 0 aromatic heterocycles. The van der Waals surface area contributed by atoms with E-state index >= 15 is 0 Å². The van der Waals surface area contributed by atoms with E-state index in [-0.39, 0.29) is 44.9 Å². The SMILES string of the molecule is CCOC(=O)C12CCC3(OCCO3)C(C(=O)OCC)(CN(c3ccccc3)C1=O)C2. The number of hydrogen-bond acceptors (Lipinski definition) is 7. The number of hydrogen-bond donors (Lipinski definition) is 0. The number of ether oxygens (including phenoxy) is 4. The molecule has 1 aromatic rings. The van der Waals surface area contributed by atoms with E-state index in [0.29, 0.717) is 18.9 Å². The van der Waals surface area contributed by atoms with Crippen molar-refractivity contribution in [3.8, 4) is 0 Å². The largest absolute Gasteiger partial charge is 0.465 e. The van der Waals surface area contributed by atoms with E-state index in [9.17, 15) is 14.4 Å². The number of benzene rings is 1. The van der Waals surface area contributed by atoms with E-state index in [1.807, 2.05) is 6.07 Å². The smallest absolute Gasteiger partial charge is 0.321 e. The molecule has 2 atom stereocenters. The molecule has 1 aliphatic carbocycles. The predicted molar refractivity (Wildman–Crippen MR) is 105 cm³/mol. The zero-order chi connectivity index (χ0) is 21.4. The fourth-order valence-corrected chi connectivity index (χ4v) is 5.10. The predicted octanol–water partition coefficient (Wildman–Crippen LogP) is 2.06. The molecule has 8 heteroatoms. The normalized spacial score (nSPS) is 29.7. The summed E-state index contributed by atoms with van der Waals surface area (Å²) in [6.07, 6.45) is 0.355. The summed E-state index contributed by atoms with van der Waals surface area (Å²) in [6, 6.07) is 9.00. The van der Waals surface area contributed by atoms with E-state index in [1.165, 1.54) is 4.90 Å². The van der Waals surface area contributed by atoms with Crippen molar-refractivity contribution in [2.24, 2.45) is 10.8 Å². The van der Waals surface area contributed by atoms with Gasteiger partial charge < -0.3 is 23.8 Å².